The van der Waals surface area contributed by atoms with Crippen LogP contribution in [0.4, 0.5) is 0 Å². The van der Waals surface area contributed by atoms with Crippen molar-refractivity contribution >= 4 is 21.7 Å². The summed E-state index contributed by atoms with van der Waals surface area (Å²) in [6.07, 6.45) is 2.94. The summed E-state index contributed by atoms with van der Waals surface area (Å²) in [5, 5.41) is 0. The van der Waals surface area contributed by atoms with Crippen LogP contribution < -0.4 is 0 Å². The number of carbonyl (C=O) groups is 1. The minimum Gasteiger partial charge on any atom is -0.460 e. The molecule has 3 nitrogen and oxygen atoms in total. The van der Waals surface area contributed by atoms with E-state index in [1.54, 1.807) is 12.1 Å². The fourth-order valence-corrected chi connectivity index (χ4v) is 1.55. The van der Waals surface area contributed by atoms with Crippen molar-refractivity contribution in [3.05, 3.63) is 46.2 Å². The van der Waals surface area contributed by atoms with Crippen molar-refractivity contribution in [1.82, 2.24) is 0 Å². The molecule has 0 fully saturated rings. The number of aryl methyl sites for hydroxylation is 1. The molecule has 0 N–H and O–H groups in total. The Morgan fingerprint density at radius 1 is 1.21 bits per heavy atom. The van der Waals surface area contributed by atoms with Crippen molar-refractivity contribution in [1.29, 1.82) is 0 Å². The third-order valence-corrected chi connectivity index (χ3v) is 2.52. The van der Waals surface area contributed by atoms with Gasteiger partial charge in [-0.15, -0.1) is 0 Å². The maximum atomic E-state index is 11.8. The van der Waals surface area contributed by atoms with E-state index in [1.807, 2.05) is 6.92 Å². The van der Waals surface area contributed by atoms with E-state index in [-0.39, 0.29) is 11.5 Å². The molecule has 0 spiro atoms. The molecule has 72 valence electrons. The summed E-state index contributed by atoms with van der Waals surface area (Å²) in [4.78, 5) is 11.8. The van der Waals surface area contributed by atoms with E-state index in [1.165, 1.54) is 12.5 Å². The summed E-state index contributed by atoms with van der Waals surface area (Å²) in [6.45, 7) is 1.81. The van der Waals surface area contributed by atoms with Gasteiger partial charge in [-0.2, -0.15) is 0 Å². The van der Waals surface area contributed by atoms with Crippen molar-refractivity contribution < 1.29 is 13.6 Å². The minimum absolute atomic E-state index is 0.246. The lowest BCUT2D eigenvalue weighted by Gasteiger charge is -1.94. The van der Waals surface area contributed by atoms with Gasteiger partial charge < -0.3 is 8.83 Å². The molecule has 0 atom stereocenters. The number of furan rings is 2. The van der Waals surface area contributed by atoms with Gasteiger partial charge in [0.2, 0.25) is 0 Å². The summed E-state index contributed by atoms with van der Waals surface area (Å²) < 4.78 is 10.8. The topological polar surface area (TPSA) is 43.4 Å². The molecule has 2 aromatic heterocycles. The fourth-order valence-electron chi connectivity index (χ4n) is 1.16. The van der Waals surface area contributed by atoms with Gasteiger partial charge in [0.1, 0.15) is 0 Å². The Bertz CT molecular complexity index is 425. The number of hydrogen-bond donors (Lipinski definition) is 0. The van der Waals surface area contributed by atoms with E-state index >= 15 is 0 Å². The van der Waals surface area contributed by atoms with Gasteiger partial charge in [0.25, 0.3) is 5.78 Å². The summed E-state index contributed by atoms with van der Waals surface area (Å²) in [5.41, 5.74) is 0.804. The number of hydrogen-bond acceptors (Lipinski definition) is 3. The molecule has 2 rings (SSSR count). The molecule has 14 heavy (non-hydrogen) atoms. The minimum atomic E-state index is -0.246. The van der Waals surface area contributed by atoms with Crippen LogP contribution in [0.1, 0.15) is 21.9 Å². The van der Waals surface area contributed by atoms with Crippen LogP contribution in [0.15, 0.2) is 38.0 Å². The van der Waals surface area contributed by atoms with Crippen LogP contribution in [0, 0.1) is 6.92 Å². The molecule has 0 bridgehead atoms. The summed E-state index contributed by atoms with van der Waals surface area (Å²) in [7, 11) is 0. The largest absolute Gasteiger partial charge is 0.460 e. The van der Waals surface area contributed by atoms with Gasteiger partial charge in [-0.1, -0.05) is 0 Å². The highest BCUT2D eigenvalue weighted by atomic mass is 79.9. The second-order valence-electron chi connectivity index (χ2n) is 2.86. The van der Waals surface area contributed by atoms with Gasteiger partial charge in [0.15, 0.2) is 11.5 Å². The predicted octanol–water partition coefficient (Wildman–Crippen LogP) is 3.17. The highest BCUT2D eigenvalue weighted by Gasteiger charge is 2.20. The van der Waals surface area contributed by atoms with E-state index in [0.29, 0.717) is 10.2 Å². The van der Waals surface area contributed by atoms with Crippen LogP contribution >= 0.6 is 15.9 Å². The normalized spacial score (nSPS) is 10.4. The summed E-state index contributed by atoms with van der Waals surface area (Å²) in [5.74, 6) is 0.341. The van der Waals surface area contributed by atoms with Crippen molar-refractivity contribution in [3.63, 3.8) is 0 Å². The second-order valence-corrected chi connectivity index (χ2v) is 3.71. The molecular formula is C10H7BrO3. The molecule has 2 aromatic rings. The zero-order chi connectivity index (χ0) is 10.1. The first kappa shape index (κ1) is 9.27. The molecule has 0 aliphatic rings. The summed E-state index contributed by atoms with van der Waals surface area (Å²) in [6, 6.07) is 3.41. The van der Waals surface area contributed by atoms with Crippen LogP contribution in [-0.2, 0) is 0 Å². The van der Waals surface area contributed by atoms with E-state index in [4.69, 9.17) is 8.83 Å². The molecule has 0 saturated carbocycles. The van der Waals surface area contributed by atoms with Gasteiger partial charge in [0.05, 0.1) is 17.0 Å². The van der Waals surface area contributed by atoms with Gasteiger partial charge in [-0.05, 0) is 40.5 Å². The lowest BCUT2D eigenvalue weighted by Crippen LogP contribution is -2.00. The molecule has 2 heterocycles. The Balaban J connectivity index is 2.44. The molecule has 0 aliphatic carbocycles. The van der Waals surface area contributed by atoms with Gasteiger partial charge in [-0.3, -0.25) is 4.79 Å². The zero-order valence-corrected chi connectivity index (χ0v) is 9.00. The first-order valence-corrected chi connectivity index (χ1v) is 4.81. The second kappa shape index (κ2) is 3.46. The van der Waals surface area contributed by atoms with Gasteiger partial charge in [0, 0.05) is 0 Å². The van der Waals surface area contributed by atoms with Crippen LogP contribution in [0.5, 0.6) is 0 Å². The van der Waals surface area contributed by atoms with Crippen molar-refractivity contribution in [2.24, 2.45) is 0 Å². The smallest absolute Gasteiger partial charge is 0.264 e. The van der Waals surface area contributed by atoms with E-state index in [9.17, 15) is 4.79 Å². The van der Waals surface area contributed by atoms with E-state index in [2.05, 4.69) is 15.9 Å². The Morgan fingerprint density at radius 2 is 1.86 bits per heavy atom. The molecule has 0 radical (unpaired) electrons. The number of carbonyl (C=O) groups excluding carboxylic acids is 1. The third kappa shape index (κ3) is 1.42. The van der Waals surface area contributed by atoms with Crippen LogP contribution in [0.25, 0.3) is 0 Å². The first-order chi connectivity index (χ1) is 6.70. The standard InChI is InChI=1S/C10H7BrO3/c1-6-2-4-13-9(6)8(12)10-7(11)3-5-14-10/h2-5H,1H3. The van der Waals surface area contributed by atoms with Crippen LogP contribution in [0.3, 0.4) is 0 Å². The highest BCUT2D eigenvalue weighted by Crippen LogP contribution is 2.22. The quantitative estimate of drug-likeness (QED) is 0.774. The van der Waals surface area contributed by atoms with Crippen molar-refractivity contribution in [3.8, 4) is 0 Å². The number of halogens is 1. The first-order valence-electron chi connectivity index (χ1n) is 4.02. The average Bonchev–Trinajstić information content (AvgIpc) is 2.73. The molecule has 0 aromatic carbocycles. The SMILES string of the molecule is Cc1ccoc1C(=O)c1occc1Br. The van der Waals surface area contributed by atoms with Gasteiger partial charge in [-0.25, -0.2) is 0 Å². The maximum absolute atomic E-state index is 11.8. The number of ketones is 1. The van der Waals surface area contributed by atoms with Crippen molar-refractivity contribution in [2.45, 2.75) is 6.92 Å². The molecular weight excluding hydrogens is 248 g/mol. The Kier molecular flexibility index (Phi) is 2.29. The molecule has 0 unspecified atom stereocenters. The molecule has 0 aliphatic heterocycles. The third-order valence-electron chi connectivity index (χ3n) is 1.89. The fraction of sp³-hybridized carbons (Fsp3) is 0.100. The van der Waals surface area contributed by atoms with E-state index in [0.717, 1.165) is 5.56 Å². The lowest BCUT2D eigenvalue weighted by molar-refractivity contribution is 0.0981. The summed E-state index contributed by atoms with van der Waals surface area (Å²) >= 11 is 3.22. The monoisotopic (exact) mass is 254 g/mol. The Labute approximate surface area is 88.8 Å². The number of rotatable bonds is 2. The predicted molar refractivity (Wildman–Crippen MR) is 53.3 cm³/mol. The molecule has 0 amide bonds. The molecule has 0 saturated heterocycles. The Hall–Kier alpha value is -1.29. The van der Waals surface area contributed by atoms with E-state index < -0.39 is 0 Å². The molecule has 4 heteroatoms. The zero-order valence-electron chi connectivity index (χ0n) is 7.41. The van der Waals surface area contributed by atoms with Crippen molar-refractivity contribution in [2.75, 3.05) is 0 Å². The maximum Gasteiger partial charge on any atom is 0.264 e. The van der Waals surface area contributed by atoms with Crippen LogP contribution in [-0.4, -0.2) is 5.78 Å². The highest BCUT2D eigenvalue weighted by molar-refractivity contribution is 9.10. The average molecular weight is 255 g/mol. The lowest BCUT2D eigenvalue weighted by atomic mass is 10.2. The van der Waals surface area contributed by atoms with Gasteiger partial charge >= 0.3 is 0 Å². The van der Waals surface area contributed by atoms with Crippen LogP contribution in [0.2, 0.25) is 0 Å². The Morgan fingerprint density at radius 3 is 2.36 bits per heavy atom.